The van der Waals surface area contributed by atoms with Gasteiger partial charge in [-0.15, -0.1) is 0 Å². The Hall–Kier alpha value is -2.68. The molecule has 38 heavy (non-hydrogen) atoms. The third-order valence-electron chi connectivity index (χ3n) is 5.37. The molecule has 16 heteroatoms. The number of ether oxygens (including phenoxy) is 3. The van der Waals surface area contributed by atoms with Gasteiger partial charge in [0.1, 0.15) is 43.5 Å². The standard InChI is InChI=1S/C22H38N7O8P/c1-14(2)16(23)21(30)34-7-9-36-38(32,37-10-8-35-22(31)17(24)15(3)4)13-33-6-5-29-12-28-18-19(25)26-11-27-20(18)29/h11-12,14-17H,5-10,13,23-24H2,1-4H3,(H2,25,26,27)/t16-,17-/m0/s1. The molecule has 0 saturated carbocycles. The van der Waals surface area contributed by atoms with Crippen molar-refractivity contribution in [3.05, 3.63) is 12.7 Å². The first-order chi connectivity index (χ1) is 17.9. The van der Waals surface area contributed by atoms with E-state index in [2.05, 4.69) is 15.0 Å². The first-order valence-electron chi connectivity index (χ1n) is 12.2. The van der Waals surface area contributed by atoms with Crippen molar-refractivity contribution >= 4 is 36.5 Å². The predicted molar refractivity (Wildman–Crippen MR) is 138 cm³/mol. The quantitative estimate of drug-likeness (QED) is 0.138. The minimum atomic E-state index is -3.83. The zero-order valence-electron chi connectivity index (χ0n) is 22.1. The molecule has 214 valence electrons. The molecule has 2 atom stereocenters. The van der Waals surface area contributed by atoms with Gasteiger partial charge in [0, 0.05) is 6.54 Å². The molecule has 0 aliphatic carbocycles. The lowest BCUT2D eigenvalue weighted by Crippen LogP contribution is -2.37. The number of hydrogen-bond donors (Lipinski definition) is 3. The number of rotatable bonds is 17. The highest BCUT2D eigenvalue weighted by molar-refractivity contribution is 7.53. The van der Waals surface area contributed by atoms with E-state index >= 15 is 0 Å². The van der Waals surface area contributed by atoms with Crippen LogP contribution >= 0.6 is 7.60 Å². The summed E-state index contributed by atoms with van der Waals surface area (Å²) in [7, 11) is -3.83. The van der Waals surface area contributed by atoms with Crippen LogP contribution in [0.2, 0.25) is 0 Å². The van der Waals surface area contributed by atoms with Crippen molar-refractivity contribution in [2.75, 3.05) is 45.1 Å². The van der Waals surface area contributed by atoms with Crippen molar-refractivity contribution < 1.29 is 37.4 Å². The fourth-order valence-corrected chi connectivity index (χ4v) is 4.17. The molecule has 0 fully saturated rings. The molecule has 2 aromatic rings. The van der Waals surface area contributed by atoms with Crippen LogP contribution in [-0.2, 0) is 44.0 Å². The Morgan fingerprint density at radius 1 is 0.895 bits per heavy atom. The second-order valence-electron chi connectivity index (χ2n) is 9.06. The summed E-state index contributed by atoms with van der Waals surface area (Å²) >= 11 is 0. The van der Waals surface area contributed by atoms with Gasteiger partial charge in [0.15, 0.2) is 11.5 Å². The van der Waals surface area contributed by atoms with Gasteiger partial charge in [-0.3, -0.25) is 14.2 Å². The Morgan fingerprint density at radius 2 is 1.45 bits per heavy atom. The number of esters is 2. The number of imidazole rings is 1. The molecule has 0 amide bonds. The first kappa shape index (κ1) is 31.5. The van der Waals surface area contributed by atoms with Gasteiger partial charge in [0.05, 0.1) is 26.1 Å². The number of nitrogens with zero attached hydrogens (tertiary/aromatic N) is 4. The molecule has 0 bridgehead atoms. The molecular weight excluding hydrogens is 521 g/mol. The van der Waals surface area contributed by atoms with Crippen molar-refractivity contribution in [1.82, 2.24) is 19.5 Å². The summed E-state index contributed by atoms with van der Waals surface area (Å²) in [5.74, 6) is -1.14. The summed E-state index contributed by atoms with van der Waals surface area (Å²) in [6.07, 6.45) is 2.46. The SMILES string of the molecule is CC(C)[C@H](N)C(=O)OCCOP(=O)(COCCn1cnc2c(N)ncnc21)OCCOC(=O)[C@@H](N)C(C)C. The van der Waals surface area contributed by atoms with Crippen LogP contribution in [0.4, 0.5) is 5.82 Å². The molecule has 2 aromatic heterocycles. The first-order valence-corrected chi connectivity index (χ1v) is 13.9. The molecule has 0 saturated heterocycles. The van der Waals surface area contributed by atoms with Crippen molar-refractivity contribution in [1.29, 1.82) is 0 Å². The summed E-state index contributed by atoms with van der Waals surface area (Å²) in [4.78, 5) is 36.0. The third kappa shape index (κ3) is 9.57. The van der Waals surface area contributed by atoms with E-state index in [-0.39, 0.29) is 50.7 Å². The number of carbonyl (C=O) groups is 2. The summed E-state index contributed by atoms with van der Waals surface area (Å²) in [5, 5.41) is 0. The maximum absolute atomic E-state index is 13.2. The summed E-state index contributed by atoms with van der Waals surface area (Å²) in [5.41, 5.74) is 18.3. The van der Waals surface area contributed by atoms with E-state index in [0.717, 1.165) is 0 Å². The lowest BCUT2D eigenvalue weighted by atomic mass is 10.1. The Balaban J connectivity index is 1.88. The molecule has 0 aromatic carbocycles. The zero-order valence-corrected chi connectivity index (χ0v) is 23.0. The predicted octanol–water partition coefficient (Wildman–Crippen LogP) is 0.662. The van der Waals surface area contributed by atoms with E-state index < -0.39 is 38.0 Å². The smallest absolute Gasteiger partial charge is 0.356 e. The highest BCUT2D eigenvalue weighted by Crippen LogP contribution is 2.48. The van der Waals surface area contributed by atoms with Crippen LogP contribution in [0.5, 0.6) is 0 Å². The lowest BCUT2D eigenvalue weighted by Gasteiger charge is -2.20. The van der Waals surface area contributed by atoms with Gasteiger partial charge < -0.3 is 45.0 Å². The fourth-order valence-electron chi connectivity index (χ4n) is 2.89. The van der Waals surface area contributed by atoms with Crippen LogP contribution in [0.1, 0.15) is 27.7 Å². The summed E-state index contributed by atoms with van der Waals surface area (Å²) in [6, 6.07) is -1.57. The minimum Gasteiger partial charge on any atom is -0.462 e. The average Bonchev–Trinajstić information content (AvgIpc) is 3.30. The molecule has 0 unspecified atom stereocenters. The number of nitrogens with two attached hydrogens (primary N) is 3. The van der Waals surface area contributed by atoms with Crippen LogP contribution in [0.25, 0.3) is 11.2 Å². The van der Waals surface area contributed by atoms with Crippen molar-refractivity contribution in [3.63, 3.8) is 0 Å². The van der Waals surface area contributed by atoms with E-state index in [1.807, 2.05) is 0 Å². The lowest BCUT2D eigenvalue weighted by molar-refractivity contribution is -0.147. The second-order valence-corrected chi connectivity index (χ2v) is 11.1. The monoisotopic (exact) mass is 559 g/mol. The number of hydrogen-bond acceptors (Lipinski definition) is 14. The van der Waals surface area contributed by atoms with Gasteiger partial charge in [-0.2, -0.15) is 0 Å². The van der Waals surface area contributed by atoms with Crippen molar-refractivity contribution in [3.8, 4) is 0 Å². The fraction of sp³-hybridized carbons (Fsp3) is 0.682. The average molecular weight is 560 g/mol. The van der Waals surface area contributed by atoms with Crippen LogP contribution < -0.4 is 17.2 Å². The maximum Gasteiger partial charge on any atom is 0.356 e. The molecule has 2 heterocycles. The highest BCUT2D eigenvalue weighted by Gasteiger charge is 2.27. The number of nitrogen functional groups attached to an aromatic ring is 1. The molecular formula is C22H38N7O8P. The van der Waals surface area contributed by atoms with Crippen molar-refractivity contribution in [2.45, 2.75) is 46.3 Å². The van der Waals surface area contributed by atoms with E-state index in [1.54, 1.807) is 32.3 Å². The summed E-state index contributed by atoms with van der Waals surface area (Å²) in [6.45, 7) is 6.77. The molecule has 0 radical (unpaired) electrons. The highest BCUT2D eigenvalue weighted by atomic mass is 31.2. The van der Waals surface area contributed by atoms with E-state index in [9.17, 15) is 14.2 Å². The number of aromatic nitrogens is 4. The van der Waals surface area contributed by atoms with E-state index in [4.69, 9.17) is 40.5 Å². The third-order valence-corrected chi connectivity index (χ3v) is 7.02. The van der Waals surface area contributed by atoms with Gasteiger partial charge in [0.25, 0.3) is 0 Å². The Labute approximate surface area is 221 Å². The van der Waals surface area contributed by atoms with Gasteiger partial charge in [-0.1, -0.05) is 27.7 Å². The van der Waals surface area contributed by atoms with Crippen LogP contribution in [-0.4, -0.2) is 82.9 Å². The van der Waals surface area contributed by atoms with Crippen LogP contribution in [0.15, 0.2) is 12.7 Å². The Bertz CT molecular complexity index is 1060. The van der Waals surface area contributed by atoms with Gasteiger partial charge in [-0.05, 0) is 11.8 Å². The Morgan fingerprint density at radius 3 is 1.97 bits per heavy atom. The largest absolute Gasteiger partial charge is 0.462 e. The van der Waals surface area contributed by atoms with Gasteiger partial charge >= 0.3 is 19.5 Å². The zero-order chi connectivity index (χ0) is 28.3. The van der Waals surface area contributed by atoms with E-state index in [1.165, 1.54) is 12.7 Å². The maximum atomic E-state index is 13.2. The normalized spacial score (nSPS) is 13.7. The second kappa shape index (κ2) is 15.0. The van der Waals surface area contributed by atoms with E-state index in [0.29, 0.717) is 17.7 Å². The molecule has 2 rings (SSSR count). The van der Waals surface area contributed by atoms with Crippen LogP contribution in [0.3, 0.4) is 0 Å². The molecule has 0 spiro atoms. The van der Waals surface area contributed by atoms with Gasteiger partial charge in [-0.25, -0.2) is 15.0 Å². The molecule has 6 N–H and O–H groups in total. The van der Waals surface area contributed by atoms with Crippen LogP contribution in [0, 0.1) is 11.8 Å². The number of fused-ring (bicyclic) bond motifs is 1. The summed E-state index contributed by atoms with van der Waals surface area (Å²) < 4.78 is 41.5. The minimum absolute atomic E-state index is 0.103. The molecule has 15 nitrogen and oxygen atoms in total. The van der Waals surface area contributed by atoms with Gasteiger partial charge in [0.2, 0.25) is 0 Å². The number of anilines is 1. The molecule has 0 aliphatic heterocycles. The topological polar surface area (TPSA) is 219 Å². The Kier molecular flexibility index (Phi) is 12.5. The van der Waals surface area contributed by atoms with Crippen molar-refractivity contribution in [2.24, 2.45) is 23.3 Å². The number of carbonyl (C=O) groups excluding carboxylic acids is 2. The molecule has 0 aliphatic rings.